The number of fused-ring (bicyclic) bond motifs is 3. The van der Waals surface area contributed by atoms with Crippen molar-refractivity contribution in [2.75, 3.05) is 11.5 Å². The van der Waals surface area contributed by atoms with Crippen molar-refractivity contribution in [3.63, 3.8) is 0 Å². The number of hydrogen-bond acceptors (Lipinski definition) is 5. The lowest BCUT2D eigenvalue weighted by molar-refractivity contribution is -0.136. The number of nitrogens with one attached hydrogen (secondary N) is 1. The molecule has 4 aromatic rings. The largest absolute Gasteiger partial charge is 0.481 e. The van der Waals surface area contributed by atoms with E-state index < -0.39 is 5.97 Å². The second-order valence-electron chi connectivity index (χ2n) is 6.11. The second kappa shape index (κ2) is 6.03. The zero-order valence-corrected chi connectivity index (χ0v) is 13.9. The van der Waals surface area contributed by atoms with Crippen molar-refractivity contribution in [3.05, 3.63) is 48.2 Å². The quantitative estimate of drug-likeness (QED) is 0.449. The summed E-state index contributed by atoms with van der Waals surface area (Å²) >= 11 is 0. The van der Waals surface area contributed by atoms with E-state index in [9.17, 15) is 4.79 Å². The van der Waals surface area contributed by atoms with Crippen molar-refractivity contribution in [2.45, 2.75) is 12.8 Å². The number of hydrogen-bond donors (Lipinski definition) is 4. The number of carboxylic acid groups (broad SMARTS) is 1. The maximum atomic E-state index is 11.0. The Morgan fingerprint density at radius 1 is 1.15 bits per heavy atom. The lowest BCUT2D eigenvalue weighted by Crippen LogP contribution is -2.02. The normalized spacial score (nSPS) is 11.2. The summed E-state index contributed by atoms with van der Waals surface area (Å²) in [6, 6.07) is 11.6. The fraction of sp³-hybridized carbons (Fsp3) is 0.105. The molecule has 130 valence electrons. The first-order valence-corrected chi connectivity index (χ1v) is 8.17. The SMILES string of the molecule is Nc1nc(N)c2c(cc(-c3ccccc3CCC(=O)O)c3nccc32)[nH]1. The third-order valence-electron chi connectivity index (χ3n) is 4.46. The van der Waals surface area contributed by atoms with Crippen molar-refractivity contribution >= 4 is 39.5 Å². The van der Waals surface area contributed by atoms with Crippen LogP contribution in [0.15, 0.2) is 42.6 Å². The van der Waals surface area contributed by atoms with E-state index in [0.717, 1.165) is 38.5 Å². The summed E-state index contributed by atoms with van der Waals surface area (Å²) in [5, 5.41) is 10.7. The fourth-order valence-corrected chi connectivity index (χ4v) is 3.36. The van der Waals surface area contributed by atoms with Crippen molar-refractivity contribution in [1.29, 1.82) is 0 Å². The van der Waals surface area contributed by atoms with Crippen molar-refractivity contribution < 1.29 is 9.90 Å². The number of aryl methyl sites for hydroxylation is 1. The smallest absolute Gasteiger partial charge is 0.303 e. The summed E-state index contributed by atoms with van der Waals surface area (Å²) in [6.45, 7) is 0. The molecule has 4 rings (SSSR count). The van der Waals surface area contributed by atoms with E-state index in [2.05, 4.69) is 15.0 Å². The van der Waals surface area contributed by atoms with Crippen LogP contribution < -0.4 is 11.5 Å². The Labute approximate surface area is 148 Å². The number of H-pyrrole nitrogens is 1. The van der Waals surface area contributed by atoms with Crippen molar-refractivity contribution in [2.24, 2.45) is 0 Å². The molecule has 0 unspecified atom stereocenters. The van der Waals surface area contributed by atoms with Gasteiger partial charge in [-0.1, -0.05) is 24.3 Å². The minimum atomic E-state index is -0.824. The average molecular weight is 347 g/mol. The van der Waals surface area contributed by atoms with Gasteiger partial charge in [0.2, 0.25) is 0 Å². The molecule has 2 heterocycles. The van der Waals surface area contributed by atoms with Gasteiger partial charge in [0.15, 0.2) is 5.95 Å². The molecule has 0 aliphatic carbocycles. The van der Waals surface area contributed by atoms with Gasteiger partial charge in [-0.05, 0) is 29.7 Å². The first kappa shape index (κ1) is 15.9. The molecule has 2 aromatic heterocycles. The number of nitrogens with zero attached hydrogens (tertiary/aromatic N) is 2. The highest BCUT2D eigenvalue weighted by Crippen LogP contribution is 2.37. The number of nitrogen functional groups attached to an aromatic ring is 2. The van der Waals surface area contributed by atoms with Gasteiger partial charge in [0, 0.05) is 29.0 Å². The topological polar surface area (TPSA) is 131 Å². The first-order chi connectivity index (χ1) is 12.5. The number of aromatic amines is 1. The molecule has 0 aliphatic heterocycles. The van der Waals surface area contributed by atoms with E-state index in [4.69, 9.17) is 16.6 Å². The van der Waals surface area contributed by atoms with Gasteiger partial charge in [0.05, 0.1) is 11.0 Å². The van der Waals surface area contributed by atoms with Crippen molar-refractivity contribution in [1.82, 2.24) is 15.0 Å². The molecule has 7 nitrogen and oxygen atoms in total. The van der Waals surface area contributed by atoms with E-state index >= 15 is 0 Å². The Balaban J connectivity index is 2.00. The molecule has 2 aromatic carbocycles. The number of carbonyl (C=O) groups is 1. The Kier molecular flexibility index (Phi) is 3.69. The predicted molar refractivity (Wildman–Crippen MR) is 102 cm³/mol. The number of benzene rings is 2. The standard InChI is InChI=1S/C19H17N5O2/c20-18-16-12-7-8-22-17(12)13(9-14(16)23-19(21)24-18)11-4-2-1-3-10(11)5-6-15(25)26/h1-4,7-9H,5-6,20H2,(H,25,26)(H3,21,23,24). The van der Waals surface area contributed by atoms with Gasteiger partial charge >= 0.3 is 5.97 Å². The van der Waals surface area contributed by atoms with Gasteiger partial charge in [-0.25, -0.2) is 0 Å². The number of nitrogens with two attached hydrogens (primary N) is 2. The molecule has 0 bridgehead atoms. The highest BCUT2D eigenvalue weighted by atomic mass is 16.4. The minimum absolute atomic E-state index is 0.0676. The molecule has 0 spiro atoms. The Bertz CT molecular complexity index is 1150. The van der Waals surface area contributed by atoms with Gasteiger partial charge in [0.1, 0.15) is 5.82 Å². The molecular formula is C19H17N5O2. The molecule has 0 saturated heterocycles. The minimum Gasteiger partial charge on any atom is -0.481 e. The van der Waals surface area contributed by atoms with Gasteiger partial charge in [-0.2, -0.15) is 4.98 Å². The third kappa shape index (κ3) is 2.59. The lowest BCUT2D eigenvalue weighted by atomic mass is 9.94. The summed E-state index contributed by atoms with van der Waals surface area (Å²) in [5.74, 6) is -0.242. The van der Waals surface area contributed by atoms with Crippen LogP contribution in [0.3, 0.4) is 0 Å². The zero-order valence-electron chi connectivity index (χ0n) is 13.9. The highest BCUT2D eigenvalue weighted by Gasteiger charge is 2.16. The third-order valence-corrected chi connectivity index (χ3v) is 4.46. The molecule has 0 fully saturated rings. The molecule has 0 saturated carbocycles. The average Bonchev–Trinajstić information content (AvgIpc) is 3.08. The van der Waals surface area contributed by atoms with E-state index in [1.165, 1.54) is 0 Å². The number of anilines is 2. The summed E-state index contributed by atoms with van der Waals surface area (Å²) in [7, 11) is 0. The van der Waals surface area contributed by atoms with Gasteiger partial charge in [0.25, 0.3) is 0 Å². The summed E-state index contributed by atoms with van der Waals surface area (Å²) in [6.07, 6.45) is 2.23. The molecule has 0 aliphatic rings. The highest BCUT2D eigenvalue weighted by molar-refractivity contribution is 6.15. The number of aliphatic carboxylic acids is 1. The maximum Gasteiger partial charge on any atom is 0.303 e. The van der Waals surface area contributed by atoms with E-state index in [1.54, 1.807) is 6.20 Å². The fourth-order valence-electron chi connectivity index (χ4n) is 3.36. The molecule has 7 heteroatoms. The van der Waals surface area contributed by atoms with Crippen LogP contribution in [0.2, 0.25) is 0 Å². The van der Waals surface area contributed by atoms with Crippen LogP contribution in [0.25, 0.3) is 32.9 Å². The Morgan fingerprint density at radius 2 is 1.96 bits per heavy atom. The van der Waals surface area contributed by atoms with Crippen LogP contribution in [-0.4, -0.2) is 26.0 Å². The second-order valence-corrected chi connectivity index (χ2v) is 6.11. The van der Waals surface area contributed by atoms with Crippen LogP contribution in [-0.2, 0) is 11.2 Å². The molecule has 26 heavy (non-hydrogen) atoms. The van der Waals surface area contributed by atoms with Crippen LogP contribution in [0.1, 0.15) is 12.0 Å². The summed E-state index contributed by atoms with van der Waals surface area (Å²) in [5.41, 5.74) is 16.3. The molecule has 0 atom stereocenters. The molecule has 0 amide bonds. The van der Waals surface area contributed by atoms with Crippen LogP contribution in [0.4, 0.5) is 11.8 Å². The predicted octanol–water partition coefficient (Wildman–Crippen LogP) is 2.96. The van der Waals surface area contributed by atoms with E-state index in [1.807, 2.05) is 36.4 Å². The van der Waals surface area contributed by atoms with E-state index in [-0.39, 0.29) is 12.4 Å². The van der Waals surface area contributed by atoms with Crippen molar-refractivity contribution in [3.8, 4) is 11.1 Å². The Morgan fingerprint density at radius 3 is 2.77 bits per heavy atom. The first-order valence-electron chi connectivity index (χ1n) is 8.17. The maximum absolute atomic E-state index is 11.0. The van der Waals surface area contributed by atoms with Gasteiger partial charge < -0.3 is 21.6 Å². The van der Waals surface area contributed by atoms with Gasteiger partial charge in [-0.3, -0.25) is 9.78 Å². The number of aromatic nitrogens is 3. The summed E-state index contributed by atoms with van der Waals surface area (Å²) in [4.78, 5) is 22.7. The monoisotopic (exact) mass is 347 g/mol. The number of carboxylic acids is 1. The van der Waals surface area contributed by atoms with Crippen LogP contribution in [0, 0.1) is 0 Å². The Hall–Kier alpha value is -3.61. The molecule has 6 N–H and O–H groups in total. The number of rotatable bonds is 4. The van der Waals surface area contributed by atoms with E-state index in [0.29, 0.717) is 12.2 Å². The molecule has 0 radical (unpaired) electrons. The lowest BCUT2D eigenvalue weighted by Gasteiger charge is -2.13. The zero-order chi connectivity index (χ0) is 18.3. The van der Waals surface area contributed by atoms with Crippen LogP contribution in [0.5, 0.6) is 0 Å². The summed E-state index contributed by atoms with van der Waals surface area (Å²) < 4.78 is 0. The molecular weight excluding hydrogens is 330 g/mol. The van der Waals surface area contributed by atoms with Gasteiger partial charge in [-0.15, -0.1) is 0 Å². The van der Waals surface area contributed by atoms with Crippen LogP contribution >= 0.6 is 0 Å².